The number of nitrogens with one attached hydrogen (secondary N) is 1. The minimum atomic E-state index is -0.271. The molecule has 23 heavy (non-hydrogen) atoms. The normalized spacial score (nSPS) is 10.3. The van der Waals surface area contributed by atoms with Gasteiger partial charge in [-0.1, -0.05) is 18.2 Å². The third-order valence-electron chi connectivity index (χ3n) is 3.17. The van der Waals surface area contributed by atoms with Crippen LogP contribution in [0.4, 0.5) is 10.1 Å². The first-order chi connectivity index (χ1) is 11.1. The third kappa shape index (κ3) is 6.32. The van der Waals surface area contributed by atoms with Gasteiger partial charge in [0.2, 0.25) is 5.91 Å². The van der Waals surface area contributed by atoms with Crippen molar-refractivity contribution in [3.05, 3.63) is 59.9 Å². The first-order valence-corrected chi connectivity index (χ1v) is 8.62. The fourth-order valence-electron chi connectivity index (χ4n) is 1.95. The minimum absolute atomic E-state index is 0.00347. The molecule has 0 radical (unpaired) electrons. The van der Waals surface area contributed by atoms with Crippen LogP contribution in [0.25, 0.3) is 0 Å². The predicted octanol–water partition coefficient (Wildman–Crippen LogP) is 4.27. The number of aryl methyl sites for hydroxylation is 1. The molecule has 0 saturated heterocycles. The molecule has 0 aliphatic carbocycles. The summed E-state index contributed by atoms with van der Waals surface area (Å²) >= 11 is 1.57. The lowest BCUT2D eigenvalue weighted by Crippen LogP contribution is -2.15. The number of ether oxygens (including phenoxy) is 1. The second kappa shape index (κ2) is 9.20. The van der Waals surface area contributed by atoms with Crippen molar-refractivity contribution in [2.75, 3.05) is 23.4 Å². The molecule has 0 unspecified atom stereocenters. The summed E-state index contributed by atoms with van der Waals surface area (Å²) in [6.07, 6.45) is 0.833. The average Bonchev–Trinajstić information content (AvgIpc) is 2.54. The van der Waals surface area contributed by atoms with Gasteiger partial charge in [0.15, 0.2) is 0 Å². The van der Waals surface area contributed by atoms with Crippen LogP contribution in [0.1, 0.15) is 12.0 Å². The monoisotopic (exact) mass is 333 g/mol. The van der Waals surface area contributed by atoms with Gasteiger partial charge in [-0.05, 0) is 55.0 Å². The van der Waals surface area contributed by atoms with Crippen molar-refractivity contribution in [1.82, 2.24) is 0 Å². The Kier molecular flexibility index (Phi) is 6.94. The van der Waals surface area contributed by atoms with Gasteiger partial charge in [-0.3, -0.25) is 4.79 Å². The van der Waals surface area contributed by atoms with E-state index in [1.165, 1.54) is 12.1 Å². The number of anilines is 1. The maximum atomic E-state index is 12.7. The minimum Gasteiger partial charge on any atom is -0.494 e. The molecule has 0 bridgehead atoms. The Balaban J connectivity index is 1.57. The van der Waals surface area contributed by atoms with E-state index in [2.05, 4.69) is 5.32 Å². The van der Waals surface area contributed by atoms with Crippen molar-refractivity contribution in [2.24, 2.45) is 0 Å². The van der Waals surface area contributed by atoms with Gasteiger partial charge in [-0.2, -0.15) is 11.8 Å². The average molecular weight is 333 g/mol. The molecule has 0 aromatic heterocycles. The van der Waals surface area contributed by atoms with E-state index in [0.29, 0.717) is 18.1 Å². The van der Waals surface area contributed by atoms with Crippen LogP contribution in [0, 0.1) is 12.7 Å². The second-order valence-electron chi connectivity index (χ2n) is 5.07. The fraction of sp³-hybridized carbons (Fsp3) is 0.278. The van der Waals surface area contributed by atoms with E-state index in [1.807, 2.05) is 31.2 Å². The number of amides is 1. The lowest BCUT2D eigenvalue weighted by atomic mass is 10.2. The highest BCUT2D eigenvalue weighted by Gasteiger charge is 2.04. The smallest absolute Gasteiger partial charge is 0.234 e. The first-order valence-electron chi connectivity index (χ1n) is 7.47. The molecular weight excluding hydrogens is 313 g/mol. The molecule has 122 valence electrons. The van der Waals surface area contributed by atoms with Crippen molar-refractivity contribution in [3.63, 3.8) is 0 Å². The highest BCUT2D eigenvalue weighted by atomic mass is 32.2. The molecule has 1 amide bonds. The molecule has 0 fully saturated rings. The largest absolute Gasteiger partial charge is 0.494 e. The number of para-hydroxylation sites is 1. The van der Waals surface area contributed by atoms with E-state index in [0.717, 1.165) is 23.4 Å². The van der Waals surface area contributed by atoms with Gasteiger partial charge in [-0.25, -0.2) is 4.39 Å². The third-order valence-corrected chi connectivity index (χ3v) is 4.21. The van der Waals surface area contributed by atoms with Crippen molar-refractivity contribution < 1.29 is 13.9 Å². The number of halogens is 1. The lowest BCUT2D eigenvalue weighted by Gasteiger charge is -2.08. The number of rotatable bonds is 8. The van der Waals surface area contributed by atoms with Crippen LogP contribution in [-0.4, -0.2) is 24.0 Å². The van der Waals surface area contributed by atoms with Gasteiger partial charge < -0.3 is 10.1 Å². The van der Waals surface area contributed by atoms with Crippen molar-refractivity contribution in [2.45, 2.75) is 13.3 Å². The molecule has 2 rings (SSSR count). The van der Waals surface area contributed by atoms with Gasteiger partial charge in [0, 0.05) is 5.69 Å². The number of carbonyl (C=O) groups is 1. The molecule has 5 heteroatoms. The lowest BCUT2D eigenvalue weighted by molar-refractivity contribution is -0.113. The van der Waals surface area contributed by atoms with Gasteiger partial charge in [0.25, 0.3) is 0 Å². The Morgan fingerprint density at radius 3 is 2.65 bits per heavy atom. The molecular formula is C18H20FNO2S. The highest BCUT2D eigenvalue weighted by molar-refractivity contribution is 7.99. The van der Waals surface area contributed by atoms with E-state index >= 15 is 0 Å². The summed E-state index contributed by atoms with van der Waals surface area (Å²) in [6.45, 7) is 2.52. The quantitative estimate of drug-likeness (QED) is 0.733. The van der Waals surface area contributed by atoms with E-state index < -0.39 is 0 Å². The van der Waals surface area contributed by atoms with E-state index in [1.54, 1.807) is 23.9 Å². The van der Waals surface area contributed by atoms with Crippen molar-refractivity contribution >= 4 is 23.4 Å². The van der Waals surface area contributed by atoms with Gasteiger partial charge in [0.1, 0.15) is 11.6 Å². The Morgan fingerprint density at radius 1 is 1.17 bits per heavy atom. The molecule has 0 heterocycles. The Morgan fingerprint density at radius 2 is 1.91 bits per heavy atom. The number of hydrogen-bond donors (Lipinski definition) is 1. The zero-order chi connectivity index (χ0) is 16.5. The molecule has 1 N–H and O–H groups in total. The number of benzene rings is 2. The van der Waals surface area contributed by atoms with Crippen molar-refractivity contribution in [1.29, 1.82) is 0 Å². The van der Waals surface area contributed by atoms with Crippen molar-refractivity contribution in [3.8, 4) is 5.75 Å². The molecule has 3 nitrogen and oxygen atoms in total. The van der Waals surface area contributed by atoms with E-state index in [-0.39, 0.29) is 11.7 Å². The molecule has 0 aliphatic rings. The van der Waals surface area contributed by atoms with Crippen LogP contribution in [0.5, 0.6) is 5.75 Å². The summed E-state index contributed by atoms with van der Waals surface area (Å²) in [4.78, 5) is 11.9. The Hall–Kier alpha value is -2.01. The van der Waals surface area contributed by atoms with Crippen LogP contribution in [-0.2, 0) is 4.79 Å². The van der Waals surface area contributed by atoms with Crippen LogP contribution >= 0.6 is 11.8 Å². The van der Waals surface area contributed by atoms with Crippen LogP contribution in [0.2, 0.25) is 0 Å². The van der Waals surface area contributed by atoms with Crippen LogP contribution in [0.3, 0.4) is 0 Å². The molecule has 0 aliphatic heterocycles. The predicted molar refractivity (Wildman–Crippen MR) is 93.6 cm³/mol. The summed E-state index contributed by atoms with van der Waals surface area (Å²) in [5.41, 5.74) is 1.91. The molecule has 0 saturated carbocycles. The van der Waals surface area contributed by atoms with Gasteiger partial charge >= 0.3 is 0 Å². The van der Waals surface area contributed by atoms with E-state index in [4.69, 9.17) is 4.74 Å². The topological polar surface area (TPSA) is 38.3 Å². The van der Waals surface area contributed by atoms with Gasteiger partial charge in [0.05, 0.1) is 12.4 Å². The Labute approximate surface area is 140 Å². The summed E-state index contributed by atoms with van der Waals surface area (Å²) in [5, 5.41) is 2.91. The number of thioether (sulfide) groups is 1. The summed E-state index contributed by atoms with van der Waals surface area (Å²) < 4.78 is 18.2. The fourth-order valence-corrected chi connectivity index (χ4v) is 2.67. The maximum Gasteiger partial charge on any atom is 0.234 e. The van der Waals surface area contributed by atoms with Crippen LogP contribution < -0.4 is 10.1 Å². The van der Waals surface area contributed by atoms with Gasteiger partial charge in [-0.15, -0.1) is 0 Å². The zero-order valence-electron chi connectivity index (χ0n) is 13.0. The maximum absolute atomic E-state index is 12.7. The number of carbonyl (C=O) groups excluding carboxylic acids is 1. The SMILES string of the molecule is Cc1ccccc1NC(=O)CSCCCOc1ccc(F)cc1. The highest BCUT2D eigenvalue weighted by Crippen LogP contribution is 2.14. The summed E-state index contributed by atoms with van der Waals surface area (Å²) in [6, 6.07) is 13.7. The zero-order valence-corrected chi connectivity index (χ0v) is 13.9. The molecule has 2 aromatic carbocycles. The van der Waals surface area contributed by atoms with E-state index in [9.17, 15) is 9.18 Å². The first kappa shape index (κ1) is 17.3. The molecule has 2 aromatic rings. The standard InChI is InChI=1S/C18H20FNO2S/c1-14-5-2-3-6-17(14)20-18(21)13-23-12-4-11-22-16-9-7-15(19)8-10-16/h2-3,5-10H,4,11-13H2,1H3,(H,20,21). The Bertz CT molecular complexity index is 631. The number of hydrogen-bond acceptors (Lipinski definition) is 3. The van der Waals surface area contributed by atoms with Crippen LogP contribution in [0.15, 0.2) is 48.5 Å². The summed E-state index contributed by atoms with van der Waals surface area (Å²) in [7, 11) is 0. The summed E-state index contributed by atoms with van der Waals surface area (Å²) in [5.74, 6) is 1.65. The molecule has 0 spiro atoms. The second-order valence-corrected chi connectivity index (χ2v) is 6.18. The molecule has 0 atom stereocenters.